The van der Waals surface area contributed by atoms with Gasteiger partial charge in [-0.1, -0.05) is 30.3 Å². The maximum atomic E-state index is 14.3. The molecule has 1 aromatic rings. The third-order valence-corrected chi connectivity index (χ3v) is 3.32. The summed E-state index contributed by atoms with van der Waals surface area (Å²) in [6.45, 7) is 0.171. The molecule has 15 heavy (non-hydrogen) atoms. The standard InChI is InChI=1S/C13H18FN/c14-13(10-15,12-6-7-12)9-8-11-4-2-1-3-5-11/h1-5,12H,6-10,15H2. The second-order valence-electron chi connectivity index (χ2n) is 4.50. The molecule has 2 rings (SSSR count). The van der Waals surface area contributed by atoms with Crippen LogP contribution in [0.1, 0.15) is 24.8 Å². The number of rotatable bonds is 5. The molecule has 0 bridgehead atoms. The number of halogens is 1. The molecule has 0 heterocycles. The fourth-order valence-electron chi connectivity index (χ4n) is 2.07. The van der Waals surface area contributed by atoms with Gasteiger partial charge in [-0.25, -0.2) is 4.39 Å². The van der Waals surface area contributed by atoms with E-state index >= 15 is 0 Å². The van der Waals surface area contributed by atoms with Crippen LogP contribution in [0.4, 0.5) is 4.39 Å². The largest absolute Gasteiger partial charge is 0.328 e. The molecular formula is C13H18FN. The van der Waals surface area contributed by atoms with Crippen molar-refractivity contribution in [2.45, 2.75) is 31.4 Å². The van der Waals surface area contributed by atoms with Crippen LogP contribution in [-0.2, 0) is 6.42 Å². The first-order valence-electron chi connectivity index (χ1n) is 5.67. The van der Waals surface area contributed by atoms with Gasteiger partial charge in [-0.15, -0.1) is 0 Å². The van der Waals surface area contributed by atoms with Crippen molar-refractivity contribution in [3.05, 3.63) is 35.9 Å². The Morgan fingerprint density at radius 1 is 1.27 bits per heavy atom. The lowest BCUT2D eigenvalue weighted by molar-refractivity contribution is 0.130. The Hall–Kier alpha value is -0.890. The number of alkyl halides is 1. The Morgan fingerprint density at radius 2 is 1.93 bits per heavy atom. The van der Waals surface area contributed by atoms with Crippen LogP contribution in [0, 0.1) is 5.92 Å². The highest BCUT2D eigenvalue weighted by Gasteiger charge is 2.44. The monoisotopic (exact) mass is 207 g/mol. The molecule has 2 heteroatoms. The van der Waals surface area contributed by atoms with E-state index in [0.29, 0.717) is 6.42 Å². The van der Waals surface area contributed by atoms with Gasteiger partial charge in [0.25, 0.3) is 0 Å². The van der Waals surface area contributed by atoms with Gasteiger partial charge in [-0.3, -0.25) is 0 Å². The number of hydrogen-bond donors (Lipinski definition) is 1. The van der Waals surface area contributed by atoms with Crippen molar-refractivity contribution in [2.24, 2.45) is 11.7 Å². The Labute approximate surface area is 90.5 Å². The first-order valence-corrected chi connectivity index (χ1v) is 5.67. The number of hydrogen-bond acceptors (Lipinski definition) is 1. The molecule has 0 aromatic heterocycles. The Balaban J connectivity index is 1.91. The minimum absolute atomic E-state index is 0.171. The van der Waals surface area contributed by atoms with E-state index in [1.165, 1.54) is 5.56 Å². The molecule has 1 fully saturated rings. The highest BCUT2D eigenvalue weighted by Crippen LogP contribution is 2.44. The van der Waals surface area contributed by atoms with Gasteiger partial charge >= 0.3 is 0 Å². The zero-order valence-electron chi connectivity index (χ0n) is 8.95. The van der Waals surface area contributed by atoms with Crippen LogP contribution in [0.2, 0.25) is 0 Å². The van der Waals surface area contributed by atoms with Gasteiger partial charge in [0.05, 0.1) is 0 Å². The second-order valence-corrected chi connectivity index (χ2v) is 4.50. The van der Waals surface area contributed by atoms with E-state index in [-0.39, 0.29) is 12.5 Å². The molecule has 0 aliphatic heterocycles. The van der Waals surface area contributed by atoms with E-state index < -0.39 is 5.67 Å². The van der Waals surface area contributed by atoms with Crippen LogP contribution in [0.5, 0.6) is 0 Å². The SMILES string of the molecule is NCC(F)(CCc1ccccc1)C1CC1. The summed E-state index contributed by atoms with van der Waals surface area (Å²) in [7, 11) is 0. The molecule has 2 N–H and O–H groups in total. The van der Waals surface area contributed by atoms with Crippen LogP contribution < -0.4 is 5.73 Å². The van der Waals surface area contributed by atoms with Crippen molar-refractivity contribution in [1.82, 2.24) is 0 Å². The van der Waals surface area contributed by atoms with Gasteiger partial charge in [-0.05, 0) is 37.2 Å². The smallest absolute Gasteiger partial charge is 0.126 e. The summed E-state index contributed by atoms with van der Waals surface area (Å²) < 4.78 is 14.3. The molecule has 1 atom stereocenters. The molecule has 0 spiro atoms. The van der Waals surface area contributed by atoms with E-state index in [4.69, 9.17) is 5.73 Å². The van der Waals surface area contributed by atoms with Crippen molar-refractivity contribution < 1.29 is 4.39 Å². The van der Waals surface area contributed by atoms with Crippen LogP contribution in [0.15, 0.2) is 30.3 Å². The molecule has 0 radical (unpaired) electrons. The summed E-state index contributed by atoms with van der Waals surface area (Å²) in [4.78, 5) is 0. The quantitative estimate of drug-likeness (QED) is 0.789. The van der Waals surface area contributed by atoms with E-state index in [1.54, 1.807) is 0 Å². The maximum Gasteiger partial charge on any atom is 0.126 e. The number of nitrogens with two attached hydrogens (primary N) is 1. The van der Waals surface area contributed by atoms with E-state index in [1.807, 2.05) is 30.3 Å². The van der Waals surface area contributed by atoms with Gasteiger partial charge < -0.3 is 5.73 Å². The minimum atomic E-state index is -1.12. The molecule has 1 nitrogen and oxygen atoms in total. The Bertz CT molecular complexity index is 308. The lowest BCUT2D eigenvalue weighted by Gasteiger charge is -2.23. The maximum absolute atomic E-state index is 14.3. The highest BCUT2D eigenvalue weighted by atomic mass is 19.1. The van der Waals surface area contributed by atoms with Crippen LogP contribution in [0.3, 0.4) is 0 Å². The highest BCUT2D eigenvalue weighted by molar-refractivity contribution is 5.15. The van der Waals surface area contributed by atoms with Gasteiger partial charge in [0.2, 0.25) is 0 Å². The predicted molar refractivity (Wildman–Crippen MR) is 60.4 cm³/mol. The molecule has 1 aliphatic carbocycles. The normalized spacial score (nSPS) is 19.9. The summed E-state index contributed by atoms with van der Waals surface area (Å²) in [6.07, 6.45) is 3.40. The summed E-state index contributed by atoms with van der Waals surface area (Å²) in [5, 5.41) is 0. The van der Waals surface area contributed by atoms with Crippen molar-refractivity contribution in [3.8, 4) is 0 Å². The van der Waals surface area contributed by atoms with E-state index in [0.717, 1.165) is 19.3 Å². The minimum Gasteiger partial charge on any atom is -0.328 e. The lowest BCUT2D eigenvalue weighted by atomic mass is 9.92. The third-order valence-electron chi connectivity index (χ3n) is 3.32. The van der Waals surface area contributed by atoms with Crippen molar-refractivity contribution in [3.63, 3.8) is 0 Å². The molecule has 1 unspecified atom stereocenters. The van der Waals surface area contributed by atoms with Crippen LogP contribution in [0.25, 0.3) is 0 Å². The molecule has 1 saturated carbocycles. The van der Waals surface area contributed by atoms with Crippen LogP contribution in [-0.4, -0.2) is 12.2 Å². The molecule has 1 aromatic carbocycles. The first-order chi connectivity index (χ1) is 7.24. The lowest BCUT2D eigenvalue weighted by Crippen LogP contribution is -2.35. The van der Waals surface area contributed by atoms with Gasteiger partial charge in [0.1, 0.15) is 5.67 Å². The van der Waals surface area contributed by atoms with Crippen molar-refractivity contribution >= 4 is 0 Å². The molecule has 0 amide bonds. The number of aryl methyl sites for hydroxylation is 1. The average molecular weight is 207 g/mol. The van der Waals surface area contributed by atoms with E-state index in [9.17, 15) is 4.39 Å². The molecule has 0 saturated heterocycles. The summed E-state index contributed by atoms with van der Waals surface area (Å²) >= 11 is 0. The third kappa shape index (κ3) is 2.57. The van der Waals surface area contributed by atoms with Crippen molar-refractivity contribution in [2.75, 3.05) is 6.54 Å². The average Bonchev–Trinajstić information content (AvgIpc) is 3.11. The Kier molecular flexibility index (Phi) is 3.06. The zero-order valence-corrected chi connectivity index (χ0v) is 8.95. The topological polar surface area (TPSA) is 26.0 Å². The van der Waals surface area contributed by atoms with Crippen molar-refractivity contribution in [1.29, 1.82) is 0 Å². The second kappa shape index (κ2) is 4.31. The molecule has 1 aliphatic rings. The molecule has 82 valence electrons. The number of benzene rings is 1. The van der Waals surface area contributed by atoms with Crippen LogP contribution >= 0.6 is 0 Å². The summed E-state index contributed by atoms with van der Waals surface area (Å²) in [5.74, 6) is 0.228. The van der Waals surface area contributed by atoms with Gasteiger partial charge in [0, 0.05) is 6.54 Å². The summed E-state index contributed by atoms with van der Waals surface area (Å²) in [5.41, 5.74) is 5.62. The van der Waals surface area contributed by atoms with E-state index in [2.05, 4.69) is 0 Å². The first kappa shape index (κ1) is 10.6. The van der Waals surface area contributed by atoms with Gasteiger partial charge in [-0.2, -0.15) is 0 Å². The zero-order chi connectivity index (χ0) is 10.7. The fourth-order valence-corrected chi connectivity index (χ4v) is 2.07. The van der Waals surface area contributed by atoms with Gasteiger partial charge in [0.15, 0.2) is 0 Å². The molecular weight excluding hydrogens is 189 g/mol. The Morgan fingerprint density at radius 3 is 2.47 bits per heavy atom. The predicted octanol–water partition coefficient (Wildman–Crippen LogP) is 2.70. The summed E-state index contributed by atoms with van der Waals surface area (Å²) in [6, 6.07) is 10.1. The fraction of sp³-hybridized carbons (Fsp3) is 0.538.